The largest absolute Gasteiger partial charge is 0.382 e. The summed E-state index contributed by atoms with van der Waals surface area (Å²) < 4.78 is 7.36. The van der Waals surface area contributed by atoms with Gasteiger partial charge in [0.25, 0.3) is 0 Å². The molecule has 2 aromatic heterocycles. The van der Waals surface area contributed by atoms with Gasteiger partial charge >= 0.3 is 0 Å². The Morgan fingerprint density at radius 2 is 2.07 bits per heavy atom. The number of ether oxygens (including phenoxy) is 1. The van der Waals surface area contributed by atoms with Gasteiger partial charge in [0.2, 0.25) is 0 Å². The Bertz CT molecular complexity index is 1020. The molecule has 0 unspecified atom stereocenters. The number of hydrogen-bond acceptors (Lipinski definition) is 5. The number of aryl methyl sites for hydroxylation is 3. The van der Waals surface area contributed by atoms with Gasteiger partial charge in [0.15, 0.2) is 11.3 Å². The van der Waals surface area contributed by atoms with Gasteiger partial charge in [0.05, 0.1) is 28.9 Å². The lowest BCUT2D eigenvalue weighted by Crippen LogP contribution is -2.26. The quantitative estimate of drug-likeness (QED) is 0.618. The lowest BCUT2D eigenvalue weighted by molar-refractivity contribution is 0.148. The number of rotatable bonds is 5. The molecule has 28 heavy (non-hydrogen) atoms. The molecule has 6 nitrogen and oxygen atoms in total. The van der Waals surface area contributed by atoms with E-state index >= 15 is 0 Å². The molecule has 0 saturated carbocycles. The van der Waals surface area contributed by atoms with E-state index in [1.807, 2.05) is 17.7 Å². The highest BCUT2D eigenvalue weighted by Crippen LogP contribution is 2.41. The van der Waals surface area contributed by atoms with Gasteiger partial charge in [-0.05, 0) is 56.4 Å². The van der Waals surface area contributed by atoms with Crippen molar-refractivity contribution in [1.82, 2.24) is 20.0 Å². The first-order valence-corrected chi connectivity index (χ1v) is 10.2. The molecular weight excluding hydrogens is 374 g/mol. The van der Waals surface area contributed by atoms with Crippen molar-refractivity contribution in [3.8, 4) is 0 Å². The molecule has 0 saturated heterocycles. The van der Waals surface area contributed by atoms with Crippen LogP contribution in [-0.4, -0.2) is 40.2 Å². The minimum atomic E-state index is 0.143. The third-order valence-corrected chi connectivity index (χ3v) is 5.67. The first-order chi connectivity index (χ1) is 13.5. The van der Waals surface area contributed by atoms with E-state index in [4.69, 9.17) is 21.3 Å². The van der Waals surface area contributed by atoms with Crippen LogP contribution in [0.2, 0.25) is 5.02 Å². The minimum absolute atomic E-state index is 0.143. The summed E-state index contributed by atoms with van der Waals surface area (Å²) in [5, 5.41) is 9.75. The third-order valence-electron chi connectivity index (χ3n) is 5.39. The molecule has 3 heterocycles. The highest BCUT2D eigenvalue weighted by Gasteiger charge is 2.26. The van der Waals surface area contributed by atoms with Crippen molar-refractivity contribution in [1.29, 1.82) is 0 Å². The zero-order chi connectivity index (χ0) is 19.8. The molecular formula is C21H26ClN5O. The zero-order valence-electron chi connectivity index (χ0n) is 16.9. The number of benzene rings is 1. The second kappa shape index (κ2) is 7.68. The van der Waals surface area contributed by atoms with Gasteiger partial charge in [0, 0.05) is 19.3 Å². The van der Waals surface area contributed by atoms with Gasteiger partial charge in [-0.2, -0.15) is 0 Å². The van der Waals surface area contributed by atoms with Gasteiger partial charge in [-0.15, -0.1) is 5.10 Å². The normalized spacial score (nSPS) is 15.1. The Hall–Kier alpha value is -2.18. The van der Waals surface area contributed by atoms with Gasteiger partial charge in [-0.25, -0.2) is 9.67 Å². The molecule has 4 rings (SSSR count). The second-order valence-electron chi connectivity index (χ2n) is 7.52. The van der Waals surface area contributed by atoms with Crippen molar-refractivity contribution in [3.05, 3.63) is 40.0 Å². The molecule has 1 aliphatic heterocycles. The highest BCUT2D eigenvalue weighted by atomic mass is 35.5. The van der Waals surface area contributed by atoms with E-state index in [-0.39, 0.29) is 6.04 Å². The van der Waals surface area contributed by atoms with Gasteiger partial charge in [0.1, 0.15) is 0 Å². The molecule has 3 aromatic rings. The van der Waals surface area contributed by atoms with Gasteiger partial charge in [-0.1, -0.05) is 29.8 Å². The van der Waals surface area contributed by atoms with Crippen LogP contribution in [0.4, 0.5) is 11.5 Å². The first-order valence-electron chi connectivity index (χ1n) is 9.81. The number of aromatic nitrogens is 4. The lowest BCUT2D eigenvalue weighted by atomic mass is 9.99. The molecule has 0 bridgehead atoms. The number of halogens is 1. The van der Waals surface area contributed by atoms with Crippen LogP contribution in [0.15, 0.2) is 18.2 Å². The molecule has 0 N–H and O–H groups in total. The molecule has 7 heteroatoms. The minimum Gasteiger partial charge on any atom is -0.382 e. The maximum atomic E-state index is 6.68. The average molecular weight is 400 g/mol. The fourth-order valence-corrected chi connectivity index (χ4v) is 4.50. The summed E-state index contributed by atoms with van der Waals surface area (Å²) in [6, 6.07) is 6.44. The van der Waals surface area contributed by atoms with Gasteiger partial charge in [-0.3, -0.25) is 0 Å². The molecule has 1 aliphatic rings. The SMILES string of the molecule is CC[C@H](COC)n1nnc2c(N3CCCc4cc(C)cc(Cl)c43)nc(C)cc21. The van der Waals surface area contributed by atoms with Crippen LogP contribution in [-0.2, 0) is 11.2 Å². The summed E-state index contributed by atoms with van der Waals surface area (Å²) >= 11 is 6.68. The van der Waals surface area contributed by atoms with Crippen molar-refractivity contribution in [2.75, 3.05) is 25.2 Å². The molecule has 0 spiro atoms. The van der Waals surface area contributed by atoms with E-state index in [0.29, 0.717) is 6.61 Å². The summed E-state index contributed by atoms with van der Waals surface area (Å²) in [7, 11) is 1.72. The molecule has 0 fully saturated rings. The first kappa shape index (κ1) is 19.2. The van der Waals surface area contributed by atoms with Crippen LogP contribution in [0, 0.1) is 13.8 Å². The van der Waals surface area contributed by atoms with E-state index < -0.39 is 0 Å². The molecule has 0 aliphatic carbocycles. The summed E-state index contributed by atoms with van der Waals surface area (Å²) in [6.45, 7) is 7.70. The zero-order valence-corrected chi connectivity index (χ0v) is 17.6. The summed E-state index contributed by atoms with van der Waals surface area (Å²) in [4.78, 5) is 7.07. The molecule has 1 atom stereocenters. The van der Waals surface area contributed by atoms with Crippen molar-refractivity contribution in [2.24, 2.45) is 0 Å². The Kier molecular flexibility index (Phi) is 5.25. The number of anilines is 2. The third kappa shape index (κ3) is 3.25. The lowest BCUT2D eigenvalue weighted by Gasteiger charge is -2.32. The summed E-state index contributed by atoms with van der Waals surface area (Å²) in [5.41, 5.74) is 6.24. The van der Waals surface area contributed by atoms with Crippen LogP contribution in [0.1, 0.15) is 42.6 Å². The van der Waals surface area contributed by atoms with Crippen molar-refractivity contribution in [2.45, 2.75) is 46.1 Å². The smallest absolute Gasteiger partial charge is 0.163 e. The van der Waals surface area contributed by atoms with Crippen LogP contribution >= 0.6 is 11.6 Å². The molecule has 148 valence electrons. The predicted octanol–water partition coefficient (Wildman–Crippen LogP) is 4.78. The Morgan fingerprint density at radius 3 is 2.82 bits per heavy atom. The molecule has 0 radical (unpaired) electrons. The Labute approximate surface area is 170 Å². The maximum Gasteiger partial charge on any atom is 0.163 e. The Balaban J connectivity index is 1.89. The second-order valence-corrected chi connectivity index (χ2v) is 7.92. The van der Waals surface area contributed by atoms with Crippen LogP contribution in [0.25, 0.3) is 11.0 Å². The van der Waals surface area contributed by atoms with Crippen LogP contribution in [0.3, 0.4) is 0 Å². The van der Waals surface area contributed by atoms with Crippen molar-refractivity contribution < 1.29 is 4.74 Å². The van der Waals surface area contributed by atoms with E-state index in [1.165, 1.54) is 11.1 Å². The monoisotopic (exact) mass is 399 g/mol. The van der Waals surface area contributed by atoms with E-state index in [1.54, 1.807) is 7.11 Å². The van der Waals surface area contributed by atoms with E-state index in [0.717, 1.165) is 59.1 Å². The van der Waals surface area contributed by atoms with E-state index in [9.17, 15) is 0 Å². The summed E-state index contributed by atoms with van der Waals surface area (Å²) in [6.07, 6.45) is 3.00. The van der Waals surface area contributed by atoms with Crippen LogP contribution in [0.5, 0.6) is 0 Å². The van der Waals surface area contributed by atoms with Crippen molar-refractivity contribution in [3.63, 3.8) is 0 Å². The topological polar surface area (TPSA) is 56.1 Å². The number of fused-ring (bicyclic) bond motifs is 2. The number of nitrogens with zero attached hydrogens (tertiary/aromatic N) is 5. The highest BCUT2D eigenvalue weighted by molar-refractivity contribution is 6.33. The van der Waals surface area contributed by atoms with E-state index in [2.05, 4.69) is 41.2 Å². The fraction of sp³-hybridized carbons (Fsp3) is 0.476. The number of hydrogen-bond donors (Lipinski definition) is 0. The molecule has 0 amide bonds. The Morgan fingerprint density at radius 1 is 1.25 bits per heavy atom. The summed E-state index contributed by atoms with van der Waals surface area (Å²) in [5.74, 6) is 0.834. The number of pyridine rings is 1. The maximum absolute atomic E-state index is 6.68. The predicted molar refractivity (Wildman–Crippen MR) is 113 cm³/mol. The van der Waals surface area contributed by atoms with Crippen LogP contribution < -0.4 is 4.90 Å². The number of methoxy groups -OCH3 is 1. The molecule has 1 aromatic carbocycles. The average Bonchev–Trinajstić information content (AvgIpc) is 3.08. The van der Waals surface area contributed by atoms with Gasteiger partial charge < -0.3 is 9.64 Å². The fourth-order valence-electron chi connectivity index (χ4n) is 4.11. The van der Waals surface area contributed by atoms with Crippen molar-refractivity contribution >= 4 is 34.1 Å². The standard InChI is InChI=1S/C21H26ClN5O/c1-5-16(12-28-4)27-18-11-14(3)23-21(19(18)24-25-27)26-8-6-7-15-9-13(2)10-17(22)20(15)26/h9-11,16H,5-8,12H2,1-4H3/t16-/m1/s1.